The topological polar surface area (TPSA) is 46.6 Å². The molecular formula is C22H24ClNO3. The van der Waals surface area contributed by atoms with Crippen LogP contribution in [0.3, 0.4) is 0 Å². The lowest BCUT2D eigenvalue weighted by Crippen LogP contribution is -2.28. The van der Waals surface area contributed by atoms with E-state index in [9.17, 15) is 9.59 Å². The van der Waals surface area contributed by atoms with Crippen LogP contribution in [0.2, 0.25) is 5.02 Å². The minimum absolute atomic E-state index is 0.0874. The fourth-order valence-corrected chi connectivity index (χ4v) is 3.55. The summed E-state index contributed by atoms with van der Waals surface area (Å²) in [6.45, 7) is 8.26. The number of hydrogen-bond donors (Lipinski definition) is 0. The minimum atomic E-state index is -0.489. The molecule has 1 saturated heterocycles. The first kappa shape index (κ1) is 19.4. The predicted molar refractivity (Wildman–Crippen MR) is 108 cm³/mol. The monoisotopic (exact) mass is 385 g/mol. The molecule has 4 nitrogen and oxygen atoms in total. The fourth-order valence-electron chi connectivity index (χ4n) is 3.39. The molecule has 0 bridgehead atoms. The standard InChI is InChI=1S/C22H24ClNO3/c1-13(2)17-9-8-14(3)10-20(17)27-22(26)16-11-21(25)24(12-16)19-7-5-6-18(23)15(19)4/h5-10,13,16H,11-12H2,1-4H3/t16-/m0/s1. The molecule has 0 saturated carbocycles. The fraction of sp³-hybridized carbons (Fsp3) is 0.364. The second-order valence-corrected chi connectivity index (χ2v) is 7.81. The minimum Gasteiger partial charge on any atom is -0.426 e. The van der Waals surface area contributed by atoms with Crippen molar-refractivity contribution in [1.29, 1.82) is 0 Å². The number of aryl methyl sites for hydroxylation is 1. The molecule has 0 spiro atoms. The molecule has 5 heteroatoms. The van der Waals surface area contributed by atoms with Gasteiger partial charge in [0.05, 0.1) is 5.92 Å². The molecule has 27 heavy (non-hydrogen) atoms. The van der Waals surface area contributed by atoms with Crippen LogP contribution >= 0.6 is 11.6 Å². The van der Waals surface area contributed by atoms with E-state index >= 15 is 0 Å². The zero-order chi connectivity index (χ0) is 19.7. The lowest BCUT2D eigenvalue weighted by molar-refractivity contribution is -0.139. The molecule has 2 aromatic carbocycles. The highest BCUT2D eigenvalue weighted by Gasteiger charge is 2.37. The Bertz CT molecular complexity index is 891. The van der Waals surface area contributed by atoms with Crippen LogP contribution in [0.5, 0.6) is 5.75 Å². The number of rotatable bonds is 4. The summed E-state index contributed by atoms with van der Waals surface area (Å²) in [7, 11) is 0. The quantitative estimate of drug-likeness (QED) is 0.547. The van der Waals surface area contributed by atoms with Gasteiger partial charge in [0.15, 0.2) is 0 Å². The Morgan fingerprint density at radius 1 is 1.22 bits per heavy atom. The molecule has 0 unspecified atom stereocenters. The molecule has 1 aliphatic rings. The first-order chi connectivity index (χ1) is 12.8. The van der Waals surface area contributed by atoms with Gasteiger partial charge in [-0.15, -0.1) is 0 Å². The molecule has 1 fully saturated rings. The van der Waals surface area contributed by atoms with Crippen molar-refractivity contribution < 1.29 is 14.3 Å². The SMILES string of the molecule is Cc1ccc(C(C)C)c(OC(=O)[C@H]2CC(=O)N(c3cccc(Cl)c3C)C2)c1. The van der Waals surface area contributed by atoms with Crippen LogP contribution in [0.4, 0.5) is 5.69 Å². The van der Waals surface area contributed by atoms with Gasteiger partial charge < -0.3 is 9.64 Å². The molecule has 1 atom stereocenters. The third kappa shape index (κ3) is 4.01. The van der Waals surface area contributed by atoms with E-state index in [2.05, 4.69) is 13.8 Å². The van der Waals surface area contributed by atoms with E-state index in [4.69, 9.17) is 16.3 Å². The summed E-state index contributed by atoms with van der Waals surface area (Å²) in [6, 6.07) is 11.3. The van der Waals surface area contributed by atoms with Gasteiger partial charge in [0.25, 0.3) is 0 Å². The third-order valence-corrected chi connectivity index (χ3v) is 5.40. The maximum Gasteiger partial charge on any atom is 0.316 e. The molecule has 3 rings (SSSR count). The molecule has 0 N–H and O–H groups in total. The van der Waals surface area contributed by atoms with Crippen molar-refractivity contribution in [1.82, 2.24) is 0 Å². The Kier molecular flexibility index (Phi) is 5.56. The molecule has 142 valence electrons. The number of carbonyl (C=O) groups is 2. The van der Waals surface area contributed by atoms with E-state index in [0.29, 0.717) is 17.3 Å². The van der Waals surface area contributed by atoms with Crippen LogP contribution in [-0.4, -0.2) is 18.4 Å². The summed E-state index contributed by atoms with van der Waals surface area (Å²) >= 11 is 6.18. The number of benzene rings is 2. The van der Waals surface area contributed by atoms with Crippen LogP contribution in [0, 0.1) is 19.8 Å². The van der Waals surface area contributed by atoms with Crippen molar-refractivity contribution in [2.24, 2.45) is 5.92 Å². The maximum absolute atomic E-state index is 12.7. The van der Waals surface area contributed by atoms with E-state index in [1.165, 1.54) is 0 Å². The van der Waals surface area contributed by atoms with Crippen molar-refractivity contribution >= 4 is 29.2 Å². The lowest BCUT2D eigenvalue weighted by atomic mass is 10.0. The number of hydrogen-bond acceptors (Lipinski definition) is 3. The van der Waals surface area contributed by atoms with Gasteiger partial charge in [-0.1, -0.05) is 43.6 Å². The van der Waals surface area contributed by atoms with Gasteiger partial charge in [0.2, 0.25) is 5.91 Å². The zero-order valence-electron chi connectivity index (χ0n) is 16.1. The first-order valence-corrected chi connectivity index (χ1v) is 9.53. The van der Waals surface area contributed by atoms with Gasteiger partial charge in [-0.3, -0.25) is 9.59 Å². The van der Waals surface area contributed by atoms with Crippen LogP contribution < -0.4 is 9.64 Å². The summed E-state index contributed by atoms with van der Waals surface area (Å²) in [5.74, 6) is -0.117. The molecule has 2 aromatic rings. The number of halogens is 1. The molecule has 0 aliphatic carbocycles. The van der Waals surface area contributed by atoms with Gasteiger partial charge in [-0.2, -0.15) is 0 Å². The molecular weight excluding hydrogens is 362 g/mol. The van der Waals surface area contributed by atoms with Crippen molar-refractivity contribution in [3.63, 3.8) is 0 Å². The Balaban J connectivity index is 1.79. The van der Waals surface area contributed by atoms with Crippen LogP contribution in [0.15, 0.2) is 36.4 Å². The van der Waals surface area contributed by atoms with Crippen molar-refractivity contribution in [3.8, 4) is 5.75 Å². The van der Waals surface area contributed by atoms with Crippen molar-refractivity contribution in [2.75, 3.05) is 11.4 Å². The summed E-state index contributed by atoms with van der Waals surface area (Å²) in [6.07, 6.45) is 0.146. The Hall–Kier alpha value is -2.33. The highest BCUT2D eigenvalue weighted by Crippen LogP contribution is 2.33. The lowest BCUT2D eigenvalue weighted by Gasteiger charge is -2.20. The molecule has 0 aromatic heterocycles. The Labute approximate surface area is 165 Å². The van der Waals surface area contributed by atoms with E-state index < -0.39 is 5.92 Å². The summed E-state index contributed by atoms with van der Waals surface area (Å²) < 4.78 is 5.71. The van der Waals surface area contributed by atoms with Gasteiger partial charge in [0.1, 0.15) is 5.75 Å². The van der Waals surface area contributed by atoms with E-state index in [1.807, 2.05) is 44.2 Å². The number of esters is 1. The number of amides is 1. The highest BCUT2D eigenvalue weighted by molar-refractivity contribution is 6.31. The maximum atomic E-state index is 12.7. The van der Waals surface area contributed by atoms with E-state index in [0.717, 1.165) is 22.4 Å². The third-order valence-electron chi connectivity index (χ3n) is 4.99. The van der Waals surface area contributed by atoms with Crippen molar-refractivity contribution in [2.45, 2.75) is 40.0 Å². The number of ether oxygens (including phenoxy) is 1. The second-order valence-electron chi connectivity index (χ2n) is 7.41. The summed E-state index contributed by atoms with van der Waals surface area (Å²) in [5, 5.41) is 0.604. The summed E-state index contributed by atoms with van der Waals surface area (Å²) in [5.41, 5.74) is 3.60. The second kappa shape index (κ2) is 7.73. The van der Waals surface area contributed by atoms with Gasteiger partial charge >= 0.3 is 5.97 Å². The number of carbonyl (C=O) groups excluding carboxylic acids is 2. The molecule has 1 aliphatic heterocycles. The van der Waals surface area contributed by atoms with E-state index in [-0.39, 0.29) is 24.2 Å². The smallest absolute Gasteiger partial charge is 0.316 e. The zero-order valence-corrected chi connectivity index (χ0v) is 16.8. The molecule has 1 heterocycles. The van der Waals surface area contributed by atoms with Crippen molar-refractivity contribution in [3.05, 3.63) is 58.1 Å². The Morgan fingerprint density at radius 3 is 2.67 bits per heavy atom. The molecule has 0 radical (unpaired) electrons. The molecule has 1 amide bonds. The number of anilines is 1. The van der Waals surface area contributed by atoms with Crippen LogP contribution in [0.1, 0.15) is 42.9 Å². The highest BCUT2D eigenvalue weighted by atomic mass is 35.5. The van der Waals surface area contributed by atoms with Gasteiger partial charge in [0, 0.05) is 23.7 Å². The van der Waals surface area contributed by atoms with Gasteiger partial charge in [-0.05, 0) is 54.7 Å². The van der Waals surface area contributed by atoms with Crippen LogP contribution in [-0.2, 0) is 9.59 Å². The Morgan fingerprint density at radius 2 is 1.96 bits per heavy atom. The van der Waals surface area contributed by atoms with Crippen LogP contribution in [0.25, 0.3) is 0 Å². The van der Waals surface area contributed by atoms with E-state index in [1.54, 1.807) is 11.0 Å². The largest absolute Gasteiger partial charge is 0.426 e. The number of nitrogens with zero attached hydrogens (tertiary/aromatic N) is 1. The predicted octanol–water partition coefficient (Wildman–Crippen LogP) is 5.04. The first-order valence-electron chi connectivity index (χ1n) is 9.15. The van der Waals surface area contributed by atoms with Gasteiger partial charge in [-0.25, -0.2) is 0 Å². The average molecular weight is 386 g/mol. The average Bonchev–Trinajstić information content (AvgIpc) is 2.99. The normalized spacial score (nSPS) is 16.9. The summed E-state index contributed by atoms with van der Waals surface area (Å²) in [4.78, 5) is 26.9.